The van der Waals surface area contributed by atoms with Crippen molar-refractivity contribution in [1.82, 2.24) is 0 Å². The van der Waals surface area contributed by atoms with Crippen LogP contribution in [0.5, 0.6) is 0 Å². The van der Waals surface area contributed by atoms with Crippen molar-refractivity contribution in [3.8, 4) is 0 Å². The second-order valence-electron chi connectivity index (χ2n) is 6.66. The van der Waals surface area contributed by atoms with Gasteiger partial charge in [0.15, 0.2) is 0 Å². The predicted octanol–water partition coefficient (Wildman–Crippen LogP) is 4.89. The Labute approximate surface area is 127 Å². The molecular formula is C19H24O2. The van der Waals surface area contributed by atoms with E-state index in [0.29, 0.717) is 5.76 Å². The quantitative estimate of drug-likeness (QED) is 0.447. The zero-order chi connectivity index (χ0) is 15.6. The molecule has 1 unspecified atom stereocenters. The molecule has 0 heterocycles. The van der Waals surface area contributed by atoms with Crippen LogP contribution in [-0.2, 0) is 9.53 Å². The van der Waals surface area contributed by atoms with E-state index in [1.54, 1.807) is 0 Å². The summed E-state index contributed by atoms with van der Waals surface area (Å²) in [6, 6.07) is 8.39. The molecular weight excluding hydrogens is 260 g/mol. The zero-order valence-electron chi connectivity index (χ0n) is 13.6. The minimum Gasteiger partial charge on any atom is -0.431 e. The van der Waals surface area contributed by atoms with Crippen molar-refractivity contribution in [2.75, 3.05) is 0 Å². The number of esters is 1. The Morgan fingerprint density at radius 3 is 2.29 bits per heavy atom. The maximum atomic E-state index is 11.9. The summed E-state index contributed by atoms with van der Waals surface area (Å²) in [7, 11) is 0. The summed E-state index contributed by atoms with van der Waals surface area (Å²) in [4.78, 5) is 11.9. The lowest BCUT2D eigenvalue weighted by molar-refractivity contribution is -0.141. The Hall–Kier alpha value is -1.83. The minimum atomic E-state index is -0.102. The maximum absolute atomic E-state index is 11.9. The van der Waals surface area contributed by atoms with Gasteiger partial charge in [0, 0.05) is 0 Å². The molecule has 0 aliphatic heterocycles. The molecule has 1 aliphatic carbocycles. The molecule has 0 saturated heterocycles. The van der Waals surface area contributed by atoms with Crippen molar-refractivity contribution in [3.05, 3.63) is 53.3 Å². The zero-order valence-corrected chi connectivity index (χ0v) is 13.6. The van der Waals surface area contributed by atoms with Crippen LogP contribution in [0.15, 0.2) is 42.2 Å². The van der Waals surface area contributed by atoms with Gasteiger partial charge in [-0.1, -0.05) is 49.8 Å². The fourth-order valence-electron chi connectivity index (χ4n) is 2.29. The Balaban J connectivity index is 1.97. The molecule has 2 rings (SSSR count). The van der Waals surface area contributed by atoms with Gasteiger partial charge in [0.1, 0.15) is 5.76 Å². The van der Waals surface area contributed by atoms with E-state index in [0.717, 1.165) is 12.0 Å². The van der Waals surface area contributed by atoms with Gasteiger partial charge in [-0.3, -0.25) is 4.79 Å². The average molecular weight is 284 g/mol. The number of carbonyl (C=O) groups is 1. The molecule has 0 amide bonds. The molecule has 1 aliphatic rings. The number of ether oxygens (including phenoxy) is 1. The Bertz CT molecular complexity index is 588. The van der Waals surface area contributed by atoms with Crippen molar-refractivity contribution >= 4 is 11.5 Å². The van der Waals surface area contributed by atoms with Crippen LogP contribution in [-0.4, -0.2) is 5.97 Å². The molecule has 1 aromatic carbocycles. The normalized spacial score (nSPS) is 21.1. The first kappa shape index (κ1) is 15.6. The monoisotopic (exact) mass is 284 g/mol. The average Bonchev–Trinajstić information content (AvgIpc) is 3.06. The predicted molar refractivity (Wildman–Crippen MR) is 86.6 cm³/mol. The van der Waals surface area contributed by atoms with Crippen LogP contribution in [0.3, 0.4) is 0 Å². The molecule has 112 valence electrons. The van der Waals surface area contributed by atoms with E-state index in [9.17, 15) is 4.79 Å². The highest BCUT2D eigenvalue weighted by Gasteiger charge is 2.51. The number of rotatable bonds is 4. The Morgan fingerprint density at radius 2 is 1.76 bits per heavy atom. The number of aryl methyl sites for hydroxylation is 1. The third kappa shape index (κ3) is 4.07. The summed E-state index contributed by atoms with van der Waals surface area (Å²) in [5.74, 6) is 0.604. The molecule has 21 heavy (non-hydrogen) atoms. The number of carbonyl (C=O) groups excluding carboxylic acids is 1. The van der Waals surface area contributed by atoms with Crippen LogP contribution in [0.4, 0.5) is 0 Å². The fourth-order valence-corrected chi connectivity index (χ4v) is 2.29. The number of hydrogen-bond acceptors (Lipinski definition) is 2. The van der Waals surface area contributed by atoms with E-state index in [-0.39, 0.29) is 17.3 Å². The van der Waals surface area contributed by atoms with Crippen LogP contribution in [0.1, 0.15) is 45.2 Å². The van der Waals surface area contributed by atoms with Gasteiger partial charge in [0.2, 0.25) is 0 Å². The van der Waals surface area contributed by atoms with E-state index in [2.05, 4.69) is 52.0 Å². The summed E-state index contributed by atoms with van der Waals surface area (Å²) in [6.07, 6.45) is 4.78. The molecule has 1 fully saturated rings. The first-order valence-electron chi connectivity index (χ1n) is 7.43. The van der Waals surface area contributed by atoms with Crippen LogP contribution in [0, 0.1) is 18.3 Å². The van der Waals surface area contributed by atoms with Gasteiger partial charge in [-0.05, 0) is 49.8 Å². The van der Waals surface area contributed by atoms with Crippen LogP contribution in [0.25, 0.3) is 5.57 Å². The van der Waals surface area contributed by atoms with Gasteiger partial charge in [0.25, 0.3) is 0 Å². The van der Waals surface area contributed by atoms with Crippen LogP contribution >= 0.6 is 0 Å². The lowest BCUT2D eigenvalue weighted by atomic mass is 10.1. The molecule has 0 radical (unpaired) electrons. The van der Waals surface area contributed by atoms with Crippen molar-refractivity contribution in [3.63, 3.8) is 0 Å². The van der Waals surface area contributed by atoms with Crippen molar-refractivity contribution in [2.45, 2.75) is 41.0 Å². The maximum Gasteiger partial charge on any atom is 0.314 e. The highest BCUT2D eigenvalue weighted by molar-refractivity contribution is 5.77. The molecule has 0 bridgehead atoms. The molecule has 0 spiro atoms. The van der Waals surface area contributed by atoms with Gasteiger partial charge < -0.3 is 4.74 Å². The Morgan fingerprint density at radius 1 is 1.19 bits per heavy atom. The SMILES string of the molecule is C/C(=C\C=C(/C)c1ccc(C)cc1)OC(=O)C1CC1(C)C. The van der Waals surface area contributed by atoms with Gasteiger partial charge in [-0.15, -0.1) is 0 Å². The third-order valence-corrected chi connectivity index (χ3v) is 4.13. The van der Waals surface area contributed by atoms with Gasteiger partial charge in [-0.25, -0.2) is 0 Å². The lowest BCUT2D eigenvalue weighted by Gasteiger charge is -2.05. The van der Waals surface area contributed by atoms with Gasteiger partial charge >= 0.3 is 5.97 Å². The van der Waals surface area contributed by atoms with E-state index >= 15 is 0 Å². The largest absolute Gasteiger partial charge is 0.431 e. The molecule has 1 aromatic rings. The summed E-state index contributed by atoms with van der Waals surface area (Å²) in [6.45, 7) is 10.1. The van der Waals surface area contributed by atoms with E-state index < -0.39 is 0 Å². The van der Waals surface area contributed by atoms with Crippen LogP contribution in [0.2, 0.25) is 0 Å². The van der Waals surface area contributed by atoms with E-state index in [1.165, 1.54) is 11.1 Å². The number of benzene rings is 1. The van der Waals surface area contributed by atoms with Crippen LogP contribution < -0.4 is 0 Å². The van der Waals surface area contributed by atoms with Crippen molar-refractivity contribution in [1.29, 1.82) is 0 Å². The summed E-state index contributed by atoms with van der Waals surface area (Å²) in [5, 5.41) is 0. The molecule has 1 atom stereocenters. The molecule has 2 heteroatoms. The summed E-state index contributed by atoms with van der Waals surface area (Å²) >= 11 is 0. The molecule has 1 saturated carbocycles. The number of allylic oxidation sites excluding steroid dienone is 4. The minimum absolute atomic E-state index is 0.0584. The first-order chi connectivity index (χ1) is 9.79. The fraction of sp³-hybridized carbons (Fsp3) is 0.421. The topological polar surface area (TPSA) is 26.3 Å². The Kier molecular flexibility index (Phi) is 4.36. The van der Waals surface area contributed by atoms with Crippen molar-refractivity contribution in [2.24, 2.45) is 11.3 Å². The highest BCUT2D eigenvalue weighted by atomic mass is 16.5. The first-order valence-corrected chi connectivity index (χ1v) is 7.43. The van der Waals surface area contributed by atoms with Crippen molar-refractivity contribution < 1.29 is 9.53 Å². The second-order valence-corrected chi connectivity index (χ2v) is 6.66. The smallest absolute Gasteiger partial charge is 0.314 e. The van der Waals surface area contributed by atoms with Gasteiger partial charge in [0.05, 0.1) is 5.92 Å². The third-order valence-electron chi connectivity index (χ3n) is 4.13. The highest BCUT2D eigenvalue weighted by Crippen LogP contribution is 2.52. The van der Waals surface area contributed by atoms with E-state index in [1.807, 2.05) is 19.1 Å². The molecule has 0 N–H and O–H groups in total. The molecule has 2 nitrogen and oxygen atoms in total. The standard InChI is InChI=1S/C19H24O2/c1-13-6-10-16(11-7-13)14(2)8-9-15(3)21-18(20)17-12-19(17,4)5/h6-11,17H,12H2,1-5H3/b14-8+,15-9+. The summed E-state index contributed by atoms with van der Waals surface area (Å²) in [5.41, 5.74) is 3.70. The number of hydrogen-bond donors (Lipinski definition) is 0. The second kappa shape index (κ2) is 5.88. The molecule has 0 aromatic heterocycles. The summed E-state index contributed by atoms with van der Waals surface area (Å²) < 4.78 is 5.39. The van der Waals surface area contributed by atoms with Gasteiger partial charge in [-0.2, -0.15) is 0 Å². The lowest BCUT2D eigenvalue weighted by Crippen LogP contribution is -2.09. The van der Waals surface area contributed by atoms with E-state index in [4.69, 9.17) is 4.74 Å².